The average molecular weight is 264 g/mol. The molecule has 0 aliphatic carbocycles. The van der Waals surface area contributed by atoms with Gasteiger partial charge in [0.1, 0.15) is 6.10 Å². The Hall–Kier alpha value is -1.71. The molecule has 0 saturated heterocycles. The maximum Gasteiger partial charge on any atom is 0.304 e. The van der Waals surface area contributed by atoms with E-state index in [4.69, 9.17) is 14.6 Å². The van der Waals surface area contributed by atoms with E-state index < -0.39 is 11.4 Å². The molecule has 1 aliphatic heterocycles. The minimum atomic E-state index is -0.797. The summed E-state index contributed by atoms with van der Waals surface area (Å²) in [5.74, 6) is 0.689. The monoisotopic (exact) mass is 264 g/mol. The first-order chi connectivity index (χ1) is 8.83. The molecule has 1 atom stereocenters. The Morgan fingerprint density at radius 3 is 2.79 bits per heavy atom. The lowest BCUT2D eigenvalue weighted by Crippen LogP contribution is -2.21. The fourth-order valence-corrected chi connectivity index (χ4v) is 2.52. The van der Waals surface area contributed by atoms with Crippen LogP contribution in [0.25, 0.3) is 0 Å². The standard InChI is InChI=1S/C15H20O4/c1-9-5-10-6-11(15(2,3)8-13(16)17)7-12(18-4)14(10)19-9/h6-7,9H,5,8H2,1-4H3,(H,16,17). The van der Waals surface area contributed by atoms with E-state index in [1.807, 2.05) is 32.9 Å². The van der Waals surface area contributed by atoms with E-state index in [0.717, 1.165) is 23.3 Å². The number of carbonyl (C=O) groups is 1. The highest BCUT2D eigenvalue weighted by molar-refractivity contribution is 5.69. The van der Waals surface area contributed by atoms with Crippen molar-refractivity contribution in [2.24, 2.45) is 0 Å². The van der Waals surface area contributed by atoms with Crippen LogP contribution in [0, 0.1) is 0 Å². The third-order valence-electron chi connectivity index (χ3n) is 3.55. The van der Waals surface area contributed by atoms with Crippen molar-refractivity contribution in [3.8, 4) is 11.5 Å². The number of benzene rings is 1. The minimum Gasteiger partial charge on any atom is -0.493 e. The van der Waals surface area contributed by atoms with Crippen LogP contribution in [0.3, 0.4) is 0 Å². The molecule has 1 aromatic rings. The predicted octanol–water partition coefficient (Wildman–Crippen LogP) is 2.77. The predicted molar refractivity (Wildman–Crippen MR) is 72.1 cm³/mol. The molecule has 2 rings (SSSR count). The summed E-state index contributed by atoms with van der Waals surface area (Å²) >= 11 is 0. The van der Waals surface area contributed by atoms with E-state index in [1.165, 1.54) is 0 Å². The van der Waals surface area contributed by atoms with E-state index >= 15 is 0 Å². The zero-order valence-electron chi connectivity index (χ0n) is 11.8. The topological polar surface area (TPSA) is 55.8 Å². The molecule has 1 heterocycles. The lowest BCUT2D eigenvalue weighted by Gasteiger charge is -2.24. The summed E-state index contributed by atoms with van der Waals surface area (Å²) in [4.78, 5) is 11.0. The zero-order valence-corrected chi connectivity index (χ0v) is 11.8. The molecule has 0 bridgehead atoms. The summed E-state index contributed by atoms with van der Waals surface area (Å²) < 4.78 is 11.1. The van der Waals surface area contributed by atoms with Crippen LogP contribution in [-0.4, -0.2) is 24.3 Å². The van der Waals surface area contributed by atoms with Crippen LogP contribution in [0.4, 0.5) is 0 Å². The van der Waals surface area contributed by atoms with Crippen molar-refractivity contribution in [2.75, 3.05) is 7.11 Å². The van der Waals surface area contributed by atoms with E-state index in [2.05, 4.69) is 0 Å². The van der Waals surface area contributed by atoms with Crippen LogP contribution in [0.5, 0.6) is 11.5 Å². The highest BCUT2D eigenvalue weighted by atomic mass is 16.5. The van der Waals surface area contributed by atoms with Crippen LogP contribution in [0.2, 0.25) is 0 Å². The SMILES string of the molecule is COc1cc(C(C)(C)CC(=O)O)cc2c1OC(C)C2. The zero-order chi connectivity index (χ0) is 14.2. The molecule has 0 radical (unpaired) electrons. The molecule has 0 amide bonds. The van der Waals surface area contributed by atoms with Gasteiger partial charge in [0.2, 0.25) is 0 Å². The number of carboxylic acid groups (broad SMARTS) is 1. The van der Waals surface area contributed by atoms with Crippen molar-refractivity contribution in [1.82, 2.24) is 0 Å². The fraction of sp³-hybridized carbons (Fsp3) is 0.533. The van der Waals surface area contributed by atoms with Gasteiger partial charge in [-0.1, -0.05) is 19.9 Å². The van der Waals surface area contributed by atoms with Gasteiger partial charge in [0.25, 0.3) is 0 Å². The second kappa shape index (κ2) is 4.76. The molecule has 4 heteroatoms. The first kappa shape index (κ1) is 13.7. The highest BCUT2D eigenvalue weighted by Crippen LogP contribution is 2.42. The summed E-state index contributed by atoms with van der Waals surface area (Å²) in [6.07, 6.45) is 1.07. The molecule has 1 aliphatic rings. The number of ether oxygens (including phenoxy) is 2. The van der Waals surface area contributed by atoms with Crippen molar-refractivity contribution in [3.05, 3.63) is 23.3 Å². The van der Waals surface area contributed by atoms with E-state index in [-0.39, 0.29) is 12.5 Å². The van der Waals surface area contributed by atoms with Crippen LogP contribution in [-0.2, 0) is 16.6 Å². The maximum absolute atomic E-state index is 11.0. The number of methoxy groups -OCH3 is 1. The molecule has 0 fully saturated rings. The van der Waals surface area contributed by atoms with Crippen LogP contribution in [0.1, 0.15) is 38.3 Å². The Bertz CT molecular complexity index is 505. The van der Waals surface area contributed by atoms with Crippen LogP contribution >= 0.6 is 0 Å². The number of carboxylic acids is 1. The molecule has 0 aromatic heterocycles. The van der Waals surface area contributed by atoms with Crippen LogP contribution < -0.4 is 9.47 Å². The molecule has 0 saturated carbocycles. The summed E-state index contributed by atoms with van der Waals surface area (Å²) in [7, 11) is 1.61. The lowest BCUT2D eigenvalue weighted by molar-refractivity contribution is -0.138. The number of hydrogen-bond donors (Lipinski definition) is 1. The molecule has 1 N–H and O–H groups in total. The number of hydrogen-bond acceptors (Lipinski definition) is 3. The van der Waals surface area contributed by atoms with Gasteiger partial charge in [-0.15, -0.1) is 0 Å². The van der Waals surface area contributed by atoms with Gasteiger partial charge in [-0.2, -0.15) is 0 Å². The van der Waals surface area contributed by atoms with Gasteiger partial charge >= 0.3 is 5.97 Å². The second-order valence-corrected chi connectivity index (χ2v) is 5.75. The van der Waals surface area contributed by atoms with Crippen molar-refractivity contribution in [2.45, 2.75) is 45.1 Å². The molecule has 0 spiro atoms. The number of rotatable bonds is 4. The minimum absolute atomic E-state index is 0.0886. The third-order valence-corrected chi connectivity index (χ3v) is 3.55. The van der Waals surface area contributed by atoms with E-state index in [0.29, 0.717) is 5.75 Å². The Balaban J connectivity index is 2.44. The summed E-state index contributed by atoms with van der Waals surface area (Å²) in [6.45, 7) is 5.88. The first-order valence-electron chi connectivity index (χ1n) is 6.43. The van der Waals surface area contributed by atoms with E-state index in [1.54, 1.807) is 7.11 Å². The molecule has 104 valence electrons. The Morgan fingerprint density at radius 2 is 2.21 bits per heavy atom. The van der Waals surface area contributed by atoms with Crippen molar-refractivity contribution in [3.63, 3.8) is 0 Å². The highest BCUT2D eigenvalue weighted by Gasteiger charge is 2.30. The average Bonchev–Trinajstić information content (AvgIpc) is 2.66. The van der Waals surface area contributed by atoms with Crippen molar-refractivity contribution >= 4 is 5.97 Å². The van der Waals surface area contributed by atoms with Gasteiger partial charge in [-0.3, -0.25) is 4.79 Å². The van der Waals surface area contributed by atoms with Gasteiger partial charge in [-0.25, -0.2) is 0 Å². The van der Waals surface area contributed by atoms with Gasteiger partial charge in [0.15, 0.2) is 11.5 Å². The molecule has 4 nitrogen and oxygen atoms in total. The fourth-order valence-electron chi connectivity index (χ4n) is 2.52. The summed E-state index contributed by atoms with van der Waals surface area (Å²) in [6, 6.07) is 3.93. The van der Waals surface area contributed by atoms with Gasteiger partial charge < -0.3 is 14.6 Å². The molecule has 1 aromatic carbocycles. The van der Waals surface area contributed by atoms with Gasteiger partial charge in [-0.05, 0) is 18.6 Å². The van der Waals surface area contributed by atoms with Gasteiger partial charge in [0, 0.05) is 17.4 Å². The third kappa shape index (κ3) is 2.67. The Morgan fingerprint density at radius 1 is 1.53 bits per heavy atom. The largest absolute Gasteiger partial charge is 0.493 e. The Labute approximate surface area is 113 Å². The normalized spacial score (nSPS) is 17.8. The first-order valence-corrected chi connectivity index (χ1v) is 6.43. The van der Waals surface area contributed by atoms with Gasteiger partial charge in [0.05, 0.1) is 13.5 Å². The second-order valence-electron chi connectivity index (χ2n) is 5.75. The maximum atomic E-state index is 11.0. The smallest absolute Gasteiger partial charge is 0.304 e. The Kier molecular flexibility index (Phi) is 3.43. The quantitative estimate of drug-likeness (QED) is 0.908. The number of aliphatic carboxylic acids is 1. The summed E-state index contributed by atoms with van der Waals surface area (Å²) in [5.41, 5.74) is 1.64. The molecule has 19 heavy (non-hydrogen) atoms. The van der Waals surface area contributed by atoms with Crippen molar-refractivity contribution in [1.29, 1.82) is 0 Å². The lowest BCUT2D eigenvalue weighted by atomic mass is 9.80. The number of fused-ring (bicyclic) bond motifs is 1. The molecular weight excluding hydrogens is 244 g/mol. The van der Waals surface area contributed by atoms with Crippen LogP contribution in [0.15, 0.2) is 12.1 Å². The molecule has 1 unspecified atom stereocenters. The molecular formula is C15H20O4. The van der Waals surface area contributed by atoms with E-state index in [9.17, 15) is 4.79 Å². The van der Waals surface area contributed by atoms with Crippen molar-refractivity contribution < 1.29 is 19.4 Å². The summed E-state index contributed by atoms with van der Waals surface area (Å²) in [5, 5.41) is 9.02.